The predicted octanol–water partition coefficient (Wildman–Crippen LogP) is 3.25. The maximum absolute atomic E-state index is 12.6. The number of aliphatic hydroxyl groups is 1. The van der Waals surface area contributed by atoms with Crippen LogP contribution >= 0.6 is 0 Å². The minimum atomic E-state index is -1.27. The molecule has 27 heavy (non-hydrogen) atoms. The van der Waals surface area contributed by atoms with Gasteiger partial charge < -0.3 is 19.4 Å². The first-order valence-electron chi connectivity index (χ1n) is 9.76. The molecule has 6 heteroatoms. The zero-order chi connectivity index (χ0) is 19.8. The Morgan fingerprint density at radius 1 is 1.15 bits per heavy atom. The molecule has 3 aliphatic rings. The van der Waals surface area contributed by atoms with E-state index in [1.807, 2.05) is 6.92 Å². The zero-order valence-electron chi connectivity index (χ0n) is 16.4. The molecule has 2 heterocycles. The van der Waals surface area contributed by atoms with Gasteiger partial charge in [0.1, 0.15) is 5.60 Å². The lowest BCUT2D eigenvalue weighted by molar-refractivity contribution is -0.195. The molecule has 0 unspecified atom stereocenters. The van der Waals surface area contributed by atoms with E-state index in [9.17, 15) is 19.8 Å². The van der Waals surface area contributed by atoms with Crippen LogP contribution in [0, 0.1) is 22.7 Å². The van der Waals surface area contributed by atoms with E-state index in [1.54, 1.807) is 0 Å². The average molecular weight is 376 g/mol. The maximum Gasteiger partial charge on any atom is 0.372 e. The lowest BCUT2D eigenvalue weighted by atomic mass is 9.44. The fourth-order valence-corrected chi connectivity index (χ4v) is 6.35. The Morgan fingerprint density at radius 2 is 1.85 bits per heavy atom. The second kappa shape index (κ2) is 5.60. The summed E-state index contributed by atoms with van der Waals surface area (Å²) in [6, 6.07) is 1.05. The molecule has 0 saturated heterocycles. The molecule has 5 atom stereocenters. The van der Waals surface area contributed by atoms with Gasteiger partial charge in [-0.2, -0.15) is 0 Å². The van der Waals surface area contributed by atoms with E-state index >= 15 is 0 Å². The molecule has 148 valence electrons. The Balaban J connectivity index is 1.80. The van der Waals surface area contributed by atoms with Crippen LogP contribution in [0.15, 0.2) is 15.3 Å². The zero-order valence-corrected chi connectivity index (χ0v) is 16.4. The Labute approximate surface area is 158 Å². The summed E-state index contributed by atoms with van der Waals surface area (Å²) in [5.41, 5.74) is -0.661. The molecular weight excluding hydrogens is 348 g/mol. The summed E-state index contributed by atoms with van der Waals surface area (Å²) in [5.74, 6) is -1.15. The lowest BCUT2D eigenvalue weighted by Crippen LogP contribution is -2.63. The van der Waals surface area contributed by atoms with Gasteiger partial charge in [0, 0.05) is 12.0 Å². The quantitative estimate of drug-likeness (QED) is 0.781. The monoisotopic (exact) mass is 376 g/mol. The Bertz CT molecular complexity index is 855. The second-order valence-electron chi connectivity index (χ2n) is 9.69. The largest absolute Gasteiger partial charge is 0.475 e. The van der Waals surface area contributed by atoms with Crippen molar-refractivity contribution in [2.75, 3.05) is 0 Å². The van der Waals surface area contributed by atoms with E-state index in [2.05, 4.69) is 20.8 Å². The first-order valence-corrected chi connectivity index (χ1v) is 9.76. The number of carboxylic acids is 1. The predicted molar refractivity (Wildman–Crippen MR) is 98.0 cm³/mol. The highest BCUT2D eigenvalue weighted by atomic mass is 16.6. The molecule has 0 aromatic carbocycles. The normalized spacial score (nSPS) is 39.5. The van der Waals surface area contributed by atoms with Gasteiger partial charge in [0.2, 0.25) is 5.76 Å². The van der Waals surface area contributed by atoms with Crippen molar-refractivity contribution in [2.24, 2.45) is 22.7 Å². The Morgan fingerprint density at radius 3 is 2.52 bits per heavy atom. The Hall–Kier alpha value is -1.82. The molecule has 6 nitrogen and oxygen atoms in total. The van der Waals surface area contributed by atoms with Crippen LogP contribution < -0.4 is 10.2 Å². The topological polar surface area (TPSA) is 97.0 Å². The minimum Gasteiger partial charge on any atom is -0.475 e. The van der Waals surface area contributed by atoms with Gasteiger partial charge in [-0.25, -0.2) is 4.79 Å². The molecule has 4 rings (SSSR count). The summed E-state index contributed by atoms with van der Waals surface area (Å²) in [6.45, 7) is 8.61. The van der Waals surface area contributed by atoms with Crippen LogP contribution in [0.3, 0.4) is 0 Å². The van der Waals surface area contributed by atoms with Gasteiger partial charge >= 0.3 is 5.97 Å². The minimum absolute atomic E-state index is 0.0642. The van der Waals surface area contributed by atoms with Crippen LogP contribution in [-0.2, 0) is 6.42 Å². The number of aromatic carboxylic acids is 1. The van der Waals surface area contributed by atoms with Gasteiger partial charge in [-0.1, -0.05) is 20.8 Å². The summed E-state index contributed by atoms with van der Waals surface area (Å²) < 4.78 is 11.6. The number of rotatable bonds is 1. The molecule has 0 bridgehead atoms. The fraction of sp³-hybridized carbons (Fsp3) is 0.714. The van der Waals surface area contributed by atoms with Gasteiger partial charge in [-0.05, 0) is 55.8 Å². The smallest absolute Gasteiger partial charge is 0.372 e. The van der Waals surface area contributed by atoms with E-state index in [0.717, 1.165) is 31.7 Å². The lowest BCUT2D eigenvalue weighted by Gasteiger charge is -2.63. The van der Waals surface area contributed by atoms with Gasteiger partial charge in [0.05, 0.1) is 11.7 Å². The fourth-order valence-electron chi connectivity index (χ4n) is 6.35. The maximum atomic E-state index is 12.6. The van der Waals surface area contributed by atoms with E-state index < -0.39 is 11.6 Å². The van der Waals surface area contributed by atoms with Crippen molar-refractivity contribution in [3.05, 3.63) is 27.6 Å². The molecule has 2 fully saturated rings. The summed E-state index contributed by atoms with van der Waals surface area (Å²) in [4.78, 5) is 23.8. The van der Waals surface area contributed by atoms with E-state index in [1.165, 1.54) is 0 Å². The number of fused-ring (bicyclic) bond motifs is 4. The van der Waals surface area contributed by atoms with Crippen LogP contribution in [0.5, 0.6) is 5.95 Å². The first-order chi connectivity index (χ1) is 12.5. The van der Waals surface area contributed by atoms with Gasteiger partial charge in [0.25, 0.3) is 5.95 Å². The number of carboxylic acid groups (broad SMARTS) is 1. The van der Waals surface area contributed by atoms with Crippen molar-refractivity contribution in [1.82, 2.24) is 0 Å². The van der Waals surface area contributed by atoms with Crippen molar-refractivity contribution >= 4 is 5.97 Å². The van der Waals surface area contributed by atoms with Gasteiger partial charge in [0.15, 0.2) is 5.43 Å². The van der Waals surface area contributed by atoms with E-state index in [-0.39, 0.29) is 40.0 Å². The summed E-state index contributed by atoms with van der Waals surface area (Å²) in [6.07, 6.45) is 3.54. The number of aliphatic hydroxyl groups excluding tert-OH is 1. The molecular formula is C21H28O6. The second-order valence-corrected chi connectivity index (χ2v) is 9.69. The van der Waals surface area contributed by atoms with E-state index in [4.69, 9.17) is 9.15 Å². The van der Waals surface area contributed by atoms with Gasteiger partial charge in [-0.3, -0.25) is 4.79 Å². The number of hydrogen-bond acceptors (Lipinski definition) is 5. The number of hydrogen-bond donors (Lipinski definition) is 2. The van der Waals surface area contributed by atoms with E-state index in [0.29, 0.717) is 17.9 Å². The van der Waals surface area contributed by atoms with Crippen LogP contribution in [0.2, 0.25) is 0 Å². The molecule has 2 saturated carbocycles. The highest BCUT2D eigenvalue weighted by Crippen LogP contribution is 2.64. The van der Waals surface area contributed by atoms with Crippen molar-refractivity contribution < 1.29 is 24.2 Å². The molecule has 0 spiro atoms. The molecule has 1 aliphatic heterocycles. The standard InChI is InChI=1S/C21H28O6/c1-19(2)14-5-8-21(4)15(20(14,3)7-6-16(19)23)9-11-12(22)10-13(17(24)25)26-18(11)27-21/h10,14-16,23H,5-9H2,1-4H3,(H,24,25)/t14-,15+,16-,20+,21-/m0/s1. The van der Waals surface area contributed by atoms with Crippen LogP contribution in [0.4, 0.5) is 0 Å². The third kappa shape index (κ3) is 2.49. The van der Waals surface area contributed by atoms with Crippen LogP contribution in [0.25, 0.3) is 0 Å². The third-order valence-electron chi connectivity index (χ3n) is 7.93. The number of ether oxygens (including phenoxy) is 1. The Kier molecular flexibility index (Phi) is 3.84. The first kappa shape index (κ1) is 18.5. The SMILES string of the molecule is CC1(C)[C@@H](O)CC[C@@]2(C)[C@H]3Cc4c(oc(C(=O)O)cc4=O)O[C@@]3(C)CC[C@@H]12. The van der Waals surface area contributed by atoms with Gasteiger partial charge in [-0.15, -0.1) is 0 Å². The highest BCUT2D eigenvalue weighted by Gasteiger charge is 2.62. The van der Waals surface area contributed by atoms with Crippen molar-refractivity contribution in [1.29, 1.82) is 0 Å². The molecule has 2 aliphatic carbocycles. The third-order valence-corrected chi connectivity index (χ3v) is 7.93. The van der Waals surface area contributed by atoms with Crippen molar-refractivity contribution in [3.8, 4) is 5.95 Å². The summed E-state index contributed by atoms with van der Waals surface area (Å²) in [5, 5.41) is 19.8. The molecule has 2 N–H and O–H groups in total. The van der Waals surface area contributed by atoms with Crippen LogP contribution in [0.1, 0.15) is 69.5 Å². The van der Waals surface area contributed by atoms with Crippen LogP contribution in [-0.4, -0.2) is 27.9 Å². The summed E-state index contributed by atoms with van der Waals surface area (Å²) in [7, 11) is 0. The molecule has 0 radical (unpaired) electrons. The van der Waals surface area contributed by atoms with Crippen molar-refractivity contribution in [3.63, 3.8) is 0 Å². The van der Waals surface area contributed by atoms with Crippen molar-refractivity contribution in [2.45, 2.75) is 71.5 Å². The molecule has 1 aromatic rings. The number of carbonyl (C=O) groups is 1. The highest BCUT2D eigenvalue weighted by molar-refractivity contribution is 5.84. The molecule has 0 amide bonds. The average Bonchev–Trinajstić information content (AvgIpc) is 2.57. The summed E-state index contributed by atoms with van der Waals surface area (Å²) >= 11 is 0. The molecule has 1 aromatic heterocycles.